The lowest BCUT2D eigenvalue weighted by molar-refractivity contribution is -0.118. The molecule has 0 bridgehead atoms. The quantitative estimate of drug-likeness (QED) is 0.748. The molecule has 0 saturated carbocycles. The summed E-state index contributed by atoms with van der Waals surface area (Å²) >= 11 is 5.20. The molecule has 0 spiro atoms. The van der Waals surface area contributed by atoms with Gasteiger partial charge in [0.1, 0.15) is 15.3 Å². The predicted octanol–water partition coefficient (Wildman–Crippen LogP) is 4.14. The van der Waals surface area contributed by atoms with Crippen LogP contribution in [0.2, 0.25) is 0 Å². The maximum atomic E-state index is 12.3. The average molecular weight is 352 g/mol. The number of carbonyl (C=O) groups excluding carboxylic acids is 1. The van der Waals surface area contributed by atoms with Crippen LogP contribution in [0.5, 0.6) is 5.75 Å². The van der Waals surface area contributed by atoms with Crippen molar-refractivity contribution in [1.82, 2.24) is 5.32 Å². The molecule has 2 unspecified atom stereocenters. The van der Waals surface area contributed by atoms with Crippen molar-refractivity contribution in [3.8, 4) is 5.75 Å². The molecule has 1 aromatic carbocycles. The second-order valence-corrected chi connectivity index (χ2v) is 10.5. The molecule has 1 fully saturated rings. The third-order valence-corrected chi connectivity index (χ3v) is 6.41. The van der Waals surface area contributed by atoms with Gasteiger partial charge >= 0.3 is 0 Å². The van der Waals surface area contributed by atoms with Gasteiger partial charge in [-0.15, -0.1) is 10.5 Å². The Labute approximate surface area is 146 Å². The van der Waals surface area contributed by atoms with Crippen LogP contribution in [-0.4, -0.2) is 21.2 Å². The number of hydrogen-bond donors (Lipinski definition) is 2. The number of rotatable bonds is 1. The molecular weight excluding hydrogens is 326 g/mol. The Morgan fingerprint density at radius 1 is 1.13 bits per heavy atom. The highest BCUT2D eigenvalue weighted by Gasteiger charge is 2.35. The molecule has 1 saturated heterocycles. The summed E-state index contributed by atoms with van der Waals surface area (Å²) in [5, 5.41) is 13.1. The van der Waals surface area contributed by atoms with Crippen molar-refractivity contribution in [3.63, 3.8) is 0 Å². The fourth-order valence-corrected chi connectivity index (χ4v) is 4.35. The van der Waals surface area contributed by atoms with E-state index in [1.54, 1.807) is 0 Å². The van der Waals surface area contributed by atoms with E-state index in [2.05, 4.69) is 52.7 Å². The van der Waals surface area contributed by atoms with E-state index < -0.39 is 10.5 Å². The van der Waals surface area contributed by atoms with Gasteiger partial charge in [0.25, 0.3) is 0 Å². The first-order chi connectivity index (χ1) is 10.3. The Bertz CT molecular complexity index is 674. The highest BCUT2D eigenvalue weighted by atomic mass is 32.2. The third-order valence-electron chi connectivity index (χ3n) is 4.04. The van der Waals surface area contributed by atoms with Gasteiger partial charge in [0.2, 0.25) is 5.91 Å². The first-order valence-corrected chi connectivity index (χ1v) is 9.46. The van der Waals surface area contributed by atoms with Crippen molar-refractivity contribution in [2.75, 3.05) is 0 Å². The van der Waals surface area contributed by atoms with Crippen LogP contribution in [0.4, 0.5) is 0 Å². The SMILES string of the molecule is C=S1C(=S)NC(=O)C1c1cc(C(C)(C)C)c(O)c(C(C)(C)C)c1. The molecule has 23 heavy (non-hydrogen) atoms. The first kappa shape index (κ1) is 18.1. The zero-order chi connectivity index (χ0) is 17.7. The number of thiocarbonyl (C=S) groups is 1. The van der Waals surface area contributed by atoms with Gasteiger partial charge in [-0.05, 0) is 39.7 Å². The average Bonchev–Trinajstić information content (AvgIpc) is 2.61. The fourth-order valence-electron chi connectivity index (χ4n) is 2.74. The smallest absolute Gasteiger partial charge is 0.242 e. The molecule has 2 rings (SSSR count). The largest absolute Gasteiger partial charge is 0.507 e. The number of phenolic OH excluding ortho intramolecular Hbond substituents is 1. The van der Waals surface area contributed by atoms with Crippen LogP contribution in [0, 0.1) is 0 Å². The Balaban J connectivity index is 2.73. The Hall–Kier alpha value is -1.20. The summed E-state index contributed by atoms with van der Waals surface area (Å²) in [5.41, 5.74) is 2.13. The third kappa shape index (κ3) is 3.36. The van der Waals surface area contributed by atoms with Crippen LogP contribution in [0.1, 0.15) is 63.5 Å². The summed E-state index contributed by atoms with van der Waals surface area (Å²) in [6.07, 6.45) is 0. The van der Waals surface area contributed by atoms with Crippen LogP contribution in [-0.2, 0) is 15.6 Å². The van der Waals surface area contributed by atoms with Crippen LogP contribution < -0.4 is 5.32 Å². The second kappa shape index (κ2) is 5.71. The Morgan fingerprint density at radius 2 is 1.57 bits per heavy atom. The zero-order valence-corrected chi connectivity index (χ0v) is 16.2. The molecule has 1 aliphatic heterocycles. The van der Waals surface area contributed by atoms with Crippen molar-refractivity contribution in [1.29, 1.82) is 0 Å². The summed E-state index contributed by atoms with van der Waals surface area (Å²) in [5.74, 6) is 4.29. The van der Waals surface area contributed by atoms with E-state index in [-0.39, 0.29) is 22.0 Å². The van der Waals surface area contributed by atoms with E-state index in [9.17, 15) is 9.90 Å². The van der Waals surface area contributed by atoms with Gasteiger partial charge < -0.3 is 10.4 Å². The highest BCUT2D eigenvalue weighted by Crippen LogP contribution is 2.45. The van der Waals surface area contributed by atoms with Crippen molar-refractivity contribution >= 4 is 38.8 Å². The number of phenols is 1. The number of hydrogen-bond acceptors (Lipinski definition) is 3. The first-order valence-electron chi connectivity index (χ1n) is 7.59. The maximum absolute atomic E-state index is 12.3. The van der Waals surface area contributed by atoms with Crippen molar-refractivity contribution < 1.29 is 9.90 Å². The summed E-state index contributed by atoms with van der Waals surface area (Å²) in [7, 11) is -0.574. The lowest BCUT2D eigenvalue weighted by Crippen LogP contribution is -2.22. The van der Waals surface area contributed by atoms with Gasteiger partial charge in [0.05, 0.1) is 0 Å². The van der Waals surface area contributed by atoms with Crippen molar-refractivity contribution in [3.05, 3.63) is 28.8 Å². The predicted molar refractivity (Wildman–Crippen MR) is 104 cm³/mol. The normalized spacial score (nSPS) is 22.3. The number of nitrogens with one attached hydrogen (secondary N) is 1. The highest BCUT2D eigenvalue weighted by molar-refractivity contribution is 8.34. The Morgan fingerprint density at radius 3 is 1.87 bits per heavy atom. The van der Waals surface area contributed by atoms with Gasteiger partial charge in [-0.2, -0.15) is 0 Å². The fraction of sp³-hybridized carbons (Fsp3) is 0.500. The van der Waals surface area contributed by atoms with E-state index in [1.807, 2.05) is 12.1 Å². The van der Waals surface area contributed by atoms with E-state index in [0.29, 0.717) is 10.1 Å². The number of aromatic hydroxyl groups is 1. The second-order valence-electron chi connectivity index (χ2n) is 8.05. The molecule has 1 aromatic rings. The Kier molecular flexibility index (Phi) is 4.50. The molecule has 1 aliphatic rings. The van der Waals surface area contributed by atoms with Gasteiger partial charge in [0, 0.05) is 0 Å². The lowest BCUT2D eigenvalue weighted by Gasteiger charge is -2.29. The minimum atomic E-state index is -0.574. The summed E-state index contributed by atoms with van der Waals surface area (Å²) in [4.78, 5) is 12.3. The minimum Gasteiger partial charge on any atom is -0.507 e. The molecular formula is C18H25NO2S2. The topological polar surface area (TPSA) is 49.3 Å². The van der Waals surface area contributed by atoms with Gasteiger partial charge in [0.15, 0.2) is 0 Å². The lowest BCUT2D eigenvalue weighted by atomic mass is 9.78. The van der Waals surface area contributed by atoms with Crippen molar-refractivity contribution in [2.45, 2.75) is 57.6 Å². The minimum absolute atomic E-state index is 0.0984. The summed E-state index contributed by atoms with van der Waals surface area (Å²) < 4.78 is 0.516. The van der Waals surface area contributed by atoms with Gasteiger partial charge in [-0.3, -0.25) is 4.79 Å². The number of benzene rings is 1. The van der Waals surface area contributed by atoms with E-state index >= 15 is 0 Å². The molecule has 3 nitrogen and oxygen atoms in total. The number of carbonyl (C=O) groups is 1. The molecule has 0 radical (unpaired) electrons. The van der Waals surface area contributed by atoms with Crippen LogP contribution in [0.25, 0.3) is 0 Å². The van der Waals surface area contributed by atoms with Gasteiger partial charge in [-0.25, -0.2) is 0 Å². The van der Waals surface area contributed by atoms with Crippen LogP contribution >= 0.6 is 22.7 Å². The number of amides is 1. The van der Waals surface area contributed by atoms with E-state index in [0.717, 1.165) is 16.7 Å². The molecule has 126 valence electrons. The monoisotopic (exact) mass is 351 g/mol. The molecule has 2 atom stereocenters. The van der Waals surface area contributed by atoms with E-state index in [4.69, 9.17) is 12.2 Å². The maximum Gasteiger partial charge on any atom is 0.242 e. The standard InChI is InChI=1S/C18H25NO2S2/c1-17(2,3)11-8-10(9-12(13(11)20)18(4,5)6)14-15(21)19-16(22)23(14)7/h8-9,14,20H,7H2,1-6H3,(H,19,21,22). The molecule has 0 aliphatic carbocycles. The van der Waals surface area contributed by atoms with Crippen LogP contribution in [0.3, 0.4) is 0 Å². The van der Waals surface area contributed by atoms with Crippen LogP contribution in [0.15, 0.2) is 12.1 Å². The molecule has 2 N–H and O–H groups in total. The molecule has 1 heterocycles. The molecule has 5 heteroatoms. The molecule has 0 aromatic heterocycles. The summed E-state index contributed by atoms with van der Waals surface area (Å²) in [6, 6.07) is 3.88. The van der Waals surface area contributed by atoms with Crippen molar-refractivity contribution in [2.24, 2.45) is 0 Å². The van der Waals surface area contributed by atoms with E-state index in [1.165, 1.54) is 0 Å². The zero-order valence-electron chi connectivity index (χ0n) is 14.6. The molecule has 1 amide bonds. The van der Waals surface area contributed by atoms with Gasteiger partial charge in [-0.1, -0.05) is 59.6 Å². The summed E-state index contributed by atoms with van der Waals surface area (Å²) in [6.45, 7) is 12.3.